The van der Waals surface area contributed by atoms with Crippen LogP contribution in [0.2, 0.25) is 0 Å². The third-order valence-electron chi connectivity index (χ3n) is 5.21. The molecule has 2 heterocycles. The summed E-state index contributed by atoms with van der Waals surface area (Å²) in [6, 6.07) is 5.38. The van der Waals surface area contributed by atoms with Crippen molar-refractivity contribution in [3.63, 3.8) is 0 Å². The van der Waals surface area contributed by atoms with Crippen LogP contribution in [0.15, 0.2) is 18.2 Å². The molecule has 1 N–H and O–H groups in total. The average molecular weight is 378 g/mol. The summed E-state index contributed by atoms with van der Waals surface area (Å²) in [6.45, 7) is 5.08. The van der Waals surface area contributed by atoms with Gasteiger partial charge in [0, 0.05) is 48.5 Å². The highest BCUT2D eigenvalue weighted by Gasteiger charge is 2.34. The number of hydrogen-bond acceptors (Lipinski definition) is 4. The molecule has 0 aliphatic carbocycles. The Morgan fingerprint density at radius 2 is 2.12 bits per heavy atom. The lowest BCUT2D eigenvalue weighted by Gasteiger charge is -2.28. The number of hydrogen-bond donors (Lipinski definition) is 1. The van der Waals surface area contributed by atoms with Gasteiger partial charge in [0.25, 0.3) is 5.91 Å². The van der Waals surface area contributed by atoms with Crippen molar-refractivity contribution >= 4 is 26.6 Å². The van der Waals surface area contributed by atoms with Crippen molar-refractivity contribution in [1.29, 1.82) is 0 Å². The number of carbonyl (C=O) groups is 1. The van der Waals surface area contributed by atoms with Crippen LogP contribution >= 0.6 is 0 Å². The van der Waals surface area contributed by atoms with Crippen molar-refractivity contribution in [1.82, 2.24) is 9.88 Å². The quantitative estimate of drug-likeness (QED) is 0.783. The summed E-state index contributed by atoms with van der Waals surface area (Å²) >= 11 is 0. The van der Waals surface area contributed by atoms with Crippen LogP contribution in [0, 0.1) is 13.8 Å². The monoisotopic (exact) mass is 378 g/mol. The van der Waals surface area contributed by atoms with E-state index >= 15 is 0 Å². The van der Waals surface area contributed by atoms with Crippen molar-refractivity contribution < 1.29 is 17.9 Å². The van der Waals surface area contributed by atoms with E-state index in [2.05, 4.69) is 4.98 Å². The predicted molar refractivity (Wildman–Crippen MR) is 102 cm³/mol. The van der Waals surface area contributed by atoms with E-state index in [1.807, 2.05) is 32.0 Å². The number of nitrogens with one attached hydrogen (secondary N) is 1. The number of benzene rings is 1. The van der Waals surface area contributed by atoms with Gasteiger partial charge < -0.3 is 14.6 Å². The second-order valence-electron chi connectivity index (χ2n) is 7.04. The molecule has 1 amide bonds. The van der Waals surface area contributed by atoms with Gasteiger partial charge >= 0.3 is 0 Å². The van der Waals surface area contributed by atoms with E-state index in [1.54, 1.807) is 12.0 Å². The molecular weight excluding hydrogens is 352 g/mol. The van der Waals surface area contributed by atoms with Crippen LogP contribution in [0.5, 0.6) is 0 Å². The molecule has 2 aromatic rings. The predicted octanol–water partition coefficient (Wildman–Crippen LogP) is 2.45. The lowest BCUT2D eigenvalue weighted by Crippen LogP contribution is -2.42. The van der Waals surface area contributed by atoms with Gasteiger partial charge in [-0.15, -0.1) is 0 Å². The number of amides is 1. The minimum Gasteiger partial charge on any atom is -0.385 e. The summed E-state index contributed by atoms with van der Waals surface area (Å²) in [5.74, 6) is 0.0975. The number of aromatic nitrogens is 1. The molecule has 1 aliphatic rings. The van der Waals surface area contributed by atoms with Crippen LogP contribution in [0.3, 0.4) is 0 Å². The fourth-order valence-electron chi connectivity index (χ4n) is 3.61. The summed E-state index contributed by atoms with van der Waals surface area (Å²) in [4.78, 5) is 18.2. The van der Waals surface area contributed by atoms with Crippen LogP contribution in [0.1, 0.15) is 34.5 Å². The third-order valence-corrected chi connectivity index (χ3v) is 6.96. The van der Waals surface area contributed by atoms with Gasteiger partial charge in [-0.05, 0) is 50.5 Å². The van der Waals surface area contributed by atoms with Crippen molar-refractivity contribution in [3.8, 4) is 0 Å². The fourth-order valence-corrected chi connectivity index (χ4v) is 5.34. The maximum Gasteiger partial charge on any atom is 0.254 e. The summed E-state index contributed by atoms with van der Waals surface area (Å²) in [7, 11) is -1.43. The van der Waals surface area contributed by atoms with Crippen LogP contribution in [0.25, 0.3) is 10.9 Å². The molecule has 1 aliphatic heterocycles. The van der Waals surface area contributed by atoms with E-state index < -0.39 is 9.84 Å². The number of rotatable bonds is 6. The van der Waals surface area contributed by atoms with E-state index in [9.17, 15) is 13.2 Å². The van der Waals surface area contributed by atoms with Crippen LogP contribution in [-0.2, 0) is 14.6 Å². The maximum atomic E-state index is 13.2. The Kier molecular flexibility index (Phi) is 5.39. The average Bonchev–Trinajstić information content (AvgIpc) is 3.10. The van der Waals surface area contributed by atoms with Crippen LogP contribution in [0.4, 0.5) is 0 Å². The zero-order chi connectivity index (χ0) is 18.9. The van der Waals surface area contributed by atoms with Crippen molar-refractivity contribution in [2.24, 2.45) is 0 Å². The summed E-state index contributed by atoms with van der Waals surface area (Å²) in [6.07, 6.45) is 1.19. The number of aromatic amines is 1. The molecule has 6 nitrogen and oxygen atoms in total. The first-order chi connectivity index (χ1) is 12.3. The molecule has 3 rings (SSSR count). The van der Waals surface area contributed by atoms with Gasteiger partial charge in [0.1, 0.15) is 0 Å². The highest BCUT2D eigenvalue weighted by atomic mass is 32.2. The zero-order valence-corrected chi connectivity index (χ0v) is 16.4. The SMILES string of the molecule is COCCCN(C(=O)c1ccc2[nH]c(C)c(C)c2c1)C1CCS(=O)(=O)C1. The molecule has 0 saturated carbocycles. The fraction of sp³-hybridized carbons (Fsp3) is 0.526. The van der Waals surface area contributed by atoms with E-state index in [-0.39, 0.29) is 23.5 Å². The first kappa shape index (κ1) is 18.9. The van der Waals surface area contributed by atoms with E-state index in [0.717, 1.165) is 22.2 Å². The minimum absolute atomic E-state index is 0.0518. The second kappa shape index (κ2) is 7.40. The van der Waals surface area contributed by atoms with Crippen LogP contribution < -0.4 is 0 Å². The third kappa shape index (κ3) is 3.78. The Balaban J connectivity index is 1.90. The van der Waals surface area contributed by atoms with Gasteiger partial charge in [-0.25, -0.2) is 8.42 Å². The largest absolute Gasteiger partial charge is 0.385 e. The minimum atomic E-state index is -3.05. The van der Waals surface area contributed by atoms with Gasteiger partial charge in [-0.1, -0.05) is 0 Å². The topological polar surface area (TPSA) is 79.5 Å². The number of fused-ring (bicyclic) bond motifs is 1. The molecule has 26 heavy (non-hydrogen) atoms. The molecule has 1 saturated heterocycles. The summed E-state index contributed by atoms with van der Waals surface area (Å²) in [5.41, 5.74) is 3.82. The first-order valence-corrected chi connectivity index (χ1v) is 10.7. The molecule has 0 radical (unpaired) electrons. The molecule has 1 aromatic heterocycles. The molecule has 0 bridgehead atoms. The van der Waals surface area contributed by atoms with Gasteiger partial charge in [0.2, 0.25) is 0 Å². The smallest absolute Gasteiger partial charge is 0.254 e. The number of carbonyl (C=O) groups excluding carboxylic acids is 1. The molecule has 0 spiro atoms. The number of nitrogens with zero attached hydrogens (tertiary/aromatic N) is 1. The molecule has 1 fully saturated rings. The lowest BCUT2D eigenvalue weighted by molar-refractivity contribution is 0.0674. The maximum absolute atomic E-state index is 13.2. The van der Waals surface area contributed by atoms with Crippen LogP contribution in [-0.4, -0.2) is 62.0 Å². The van der Waals surface area contributed by atoms with Crippen molar-refractivity contribution in [2.75, 3.05) is 31.8 Å². The Hall–Kier alpha value is -1.86. The highest BCUT2D eigenvalue weighted by molar-refractivity contribution is 7.91. The Bertz CT molecular complexity index is 917. The second-order valence-corrected chi connectivity index (χ2v) is 9.27. The lowest BCUT2D eigenvalue weighted by atomic mass is 10.1. The molecule has 7 heteroatoms. The standard InChI is InChI=1S/C19H26N2O4S/c1-13-14(2)20-18-6-5-15(11-17(13)18)19(22)21(8-4-9-25-3)16-7-10-26(23,24)12-16/h5-6,11,16,20H,4,7-10,12H2,1-3H3. The molecule has 142 valence electrons. The number of methoxy groups -OCH3 is 1. The van der Waals surface area contributed by atoms with E-state index in [4.69, 9.17) is 4.74 Å². The van der Waals surface area contributed by atoms with Gasteiger partial charge in [0.05, 0.1) is 11.5 Å². The number of ether oxygens (including phenoxy) is 1. The molecule has 1 atom stereocenters. The summed E-state index contributed by atoms with van der Waals surface area (Å²) < 4.78 is 28.9. The van der Waals surface area contributed by atoms with Gasteiger partial charge in [-0.3, -0.25) is 4.79 Å². The molecule has 1 unspecified atom stereocenters. The first-order valence-electron chi connectivity index (χ1n) is 8.91. The van der Waals surface area contributed by atoms with Crippen molar-refractivity contribution in [3.05, 3.63) is 35.0 Å². The normalized spacial score (nSPS) is 19.1. The van der Waals surface area contributed by atoms with Gasteiger partial charge in [0.15, 0.2) is 9.84 Å². The zero-order valence-electron chi connectivity index (χ0n) is 15.5. The highest BCUT2D eigenvalue weighted by Crippen LogP contribution is 2.25. The van der Waals surface area contributed by atoms with E-state index in [1.165, 1.54) is 0 Å². The number of H-pyrrole nitrogens is 1. The van der Waals surface area contributed by atoms with E-state index in [0.29, 0.717) is 31.6 Å². The molecular formula is C19H26N2O4S. The Labute approximate surface area is 154 Å². The number of sulfone groups is 1. The summed E-state index contributed by atoms with van der Waals surface area (Å²) in [5, 5.41) is 1.03. The molecule has 1 aromatic carbocycles. The Morgan fingerprint density at radius 3 is 2.77 bits per heavy atom. The Morgan fingerprint density at radius 1 is 1.35 bits per heavy atom. The van der Waals surface area contributed by atoms with Crippen molar-refractivity contribution in [2.45, 2.75) is 32.7 Å². The number of aryl methyl sites for hydroxylation is 2. The van der Waals surface area contributed by atoms with Gasteiger partial charge in [-0.2, -0.15) is 0 Å².